The SMILES string of the molecule is CC(C)C(=O)NC(C)c1nnc(SCc2ccc(F)cc2)n1-c1ccc([N+](=O)[O-])cc1. The van der Waals surface area contributed by atoms with Gasteiger partial charge in [-0.15, -0.1) is 10.2 Å². The molecule has 162 valence electrons. The number of carbonyl (C=O) groups excluding carboxylic acids is 1. The predicted molar refractivity (Wildman–Crippen MR) is 115 cm³/mol. The van der Waals surface area contributed by atoms with Gasteiger partial charge in [0.05, 0.1) is 11.0 Å². The first kappa shape index (κ1) is 22.4. The van der Waals surface area contributed by atoms with Crippen LogP contribution in [0.15, 0.2) is 53.7 Å². The van der Waals surface area contributed by atoms with Gasteiger partial charge in [0.15, 0.2) is 11.0 Å². The molecule has 0 saturated carbocycles. The maximum atomic E-state index is 13.2. The predicted octanol–water partition coefficient (Wildman–Crippen LogP) is 4.44. The van der Waals surface area contributed by atoms with Crippen molar-refractivity contribution < 1.29 is 14.1 Å². The molecule has 31 heavy (non-hydrogen) atoms. The summed E-state index contributed by atoms with van der Waals surface area (Å²) in [6.07, 6.45) is 0. The van der Waals surface area contributed by atoms with Crippen molar-refractivity contribution in [1.82, 2.24) is 20.1 Å². The molecule has 1 aromatic heterocycles. The number of hydrogen-bond acceptors (Lipinski definition) is 6. The van der Waals surface area contributed by atoms with E-state index in [1.54, 1.807) is 49.6 Å². The van der Waals surface area contributed by atoms with E-state index in [9.17, 15) is 19.3 Å². The number of amides is 1. The van der Waals surface area contributed by atoms with Crippen LogP contribution in [0.4, 0.5) is 10.1 Å². The first-order chi connectivity index (χ1) is 14.8. The summed E-state index contributed by atoms with van der Waals surface area (Å²) in [4.78, 5) is 22.7. The van der Waals surface area contributed by atoms with Crippen molar-refractivity contribution in [2.24, 2.45) is 5.92 Å². The number of aromatic nitrogens is 3. The summed E-state index contributed by atoms with van der Waals surface area (Å²) in [6, 6.07) is 11.8. The second kappa shape index (κ2) is 9.69. The molecule has 1 N–H and O–H groups in total. The molecule has 0 aliphatic rings. The maximum absolute atomic E-state index is 13.2. The summed E-state index contributed by atoms with van der Waals surface area (Å²) < 4.78 is 14.9. The zero-order valence-electron chi connectivity index (χ0n) is 17.3. The molecule has 0 bridgehead atoms. The molecule has 10 heteroatoms. The van der Waals surface area contributed by atoms with Crippen molar-refractivity contribution in [2.45, 2.75) is 37.7 Å². The van der Waals surface area contributed by atoms with Crippen LogP contribution in [-0.4, -0.2) is 25.6 Å². The van der Waals surface area contributed by atoms with Gasteiger partial charge in [-0.1, -0.05) is 37.7 Å². The van der Waals surface area contributed by atoms with E-state index in [-0.39, 0.29) is 23.3 Å². The second-order valence-corrected chi connectivity index (χ2v) is 8.19. The van der Waals surface area contributed by atoms with E-state index in [0.29, 0.717) is 22.4 Å². The number of thioether (sulfide) groups is 1. The number of nitro groups is 1. The Bertz CT molecular complexity index is 1070. The van der Waals surface area contributed by atoms with Crippen LogP contribution in [0.3, 0.4) is 0 Å². The maximum Gasteiger partial charge on any atom is 0.269 e. The number of hydrogen-bond donors (Lipinski definition) is 1. The molecule has 1 amide bonds. The van der Waals surface area contributed by atoms with Crippen molar-refractivity contribution in [3.63, 3.8) is 0 Å². The second-order valence-electron chi connectivity index (χ2n) is 7.25. The molecule has 1 unspecified atom stereocenters. The molecule has 1 heterocycles. The highest BCUT2D eigenvalue weighted by molar-refractivity contribution is 7.98. The van der Waals surface area contributed by atoms with E-state index in [4.69, 9.17) is 0 Å². The lowest BCUT2D eigenvalue weighted by Crippen LogP contribution is -2.31. The van der Waals surface area contributed by atoms with E-state index in [1.165, 1.54) is 36.0 Å². The zero-order chi connectivity index (χ0) is 22.5. The lowest BCUT2D eigenvalue weighted by molar-refractivity contribution is -0.384. The van der Waals surface area contributed by atoms with Crippen LogP contribution in [0.1, 0.15) is 38.2 Å². The van der Waals surface area contributed by atoms with Gasteiger partial charge in [-0.05, 0) is 36.8 Å². The van der Waals surface area contributed by atoms with Crippen LogP contribution in [-0.2, 0) is 10.5 Å². The third-order valence-corrected chi connectivity index (χ3v) is 5.53. The van der Waals surface area contributed by atoms with Crippen molar-refractivity contribution in [1.29, 1.82) is 0 Å². The number of carbonyl (C=O) groups is 1. The summed E-state index contributed by atoms with van der Waals surface area (Å²) in [5, 5.41) is 23.0. The average Bonchev–Trinajstić information content (AvgIpc) is 3.17. The molecule has 0 radical (unpaired) electrons. The topological polar surface area (TPSA) is 103 Å². The normalized spacial score (nSPS) is 12.0. The van der Waals surface area contributed by atoms with Gasteiger partial charge in [0.2, 0.25) is 5.91 Å². The molecule has 0 spiro atoms. The van der Waals surface area contributed by atoms with Crippen molar-refractivity contribution >= 4 is 23.4 Å². The summed E-state index contributed by atoms with van der Waals surface area (Å²) in [6.45, 7) is 5.40. The van der Waals surface area contributed by atoms with Gasteiger partial charge < -0.3 is 5.32 Å². The fourth-order valence-electron chi connectivity index (χ4n) is 2.79. The number of nitro benzene ring substituents is 1. The Kier molecular flexibility index (Phi) is 7.01. The summed E-state index contributed by atoms with van der Waals surface area (Å²) in [7, 11) is 0. The minimum absolute atomic E-state index is 0.0277. The van der Waals surface area contributed by atoms with Crippen LogP contribution < -0.4 is 5.32 Å². The molecule has 3 aromatic rings. The quantitative estimate of drug-likeness (QED) is 0.314. The molecule has 8 nitrogen and oxygen atoms in total. The summed E-state index contributed by atoms with van der Waals surface area (Å²) in [5.74, 6) is 0.416. The van der Waals surface area contributed by atoms with Crippen LogP contribution in [0.2, 0.25) is 0 Å². The Morgan fingerprint density at radius 1 is 1.13 bits per heavy atom. The highest BCUT2D eigenvalue weighted by Gasteiger charge is 2.22. The third-order valence-electron chi connectivity index (χ3n) is 4.53. The summed E-state index contributed by atoms with van der Waals surface area (Å²) >= 11 is 1.40. The van der Waals surface area contributed by atoms with Crippen molar-refractivity contribution in [2.75, 3.05) is 0 Å². The molecule has 0 aliphatic heterocycles. The van der Waals surface area contributed by atoms with E-state index >= 15 is 0 Å². The smallest absolute Gasteiger partial charge is 0.269 e. The van der Waals surface area contributed by atoms with Gasteiger partial charge in [0.1, 0.15) is 5.82 Å². The van der Waals surface area contributed by atoms with E-state index in [0.717, 1.165) is 5.56 Å². The van der Waals surface area contributed by atoms with Crippen LogP contribution in [0, 0.1) is 21.8 Å². The van der Waals surface area contributed by atoms with Crippen molar-refractivity contribution in [3.8, 4) is 5.69 Å². The molecule has 0 fully saturated rings. The molecule has 0 saturated heterocycles. The number of rotatable bonds is 8. The summed E-state index contributed by atoms with van der Waals surface area (Å²) in [5.41, 5.74) is 1.52. The number of benzene rings is 2. The largest absolute Gasteiger partial charge is 0.346 e. The minimum atomic E-state index is -0.466. The molecular weight excluding hydrogens is 421 g/mol. The van der Waals surface area contributed by atoms with E-state index < -0.39 is 11.0 Å². The number of nitrogens with zero attached hydrogens (tertiary/aromatic N) is 4. The minimum Gasteiger partial charge on any atom is -0.346 e. The Morgan fingerprint density at radius 2 is 1.77 bits per heavy atom. The zero-order valence-corrected chi connectivity index (χ0v) is 18.1. The number of nitrogens with one attached hydrogen (secondary N) is 1. The first-order valence-electron chi connectivity index (χ1n) is 9.64. The average molecular weight is 444 g/mol. The molecule has 3 rings (SSSR count). The molecule has 0 aliphatic carbocycles. The third kappa shape index (κ3) is 5.46. The van der Waals surface area contributed by atoms with Crippen LogP contribution >= 0.6 is 11.8 Å². The Morgan fingerprint density at radius 3 is 2.35 bits per heavy atom. The fourth-order valence-corrected chi connectivity index (χ4v) is 3.71. The Balaban J connectivity index is 1.94. The highest BCUT2D eigenvalue weighted by atomic mass is 32.2. The van der Waals surface area contributed by atoms with Crippen LogP contribution in [0.25, 0.3) is 5.69 Å². The van der Waals surface area contributed by atoms with Gasteiger partial charge >= 0.3 is 0 Å². The number of non-ortho nitro benzene ring substituents is 1. The monoisotopic (exact) mass is 443 g/mol. The highest BCUT2D eigenvalue weighted by Crippen LogP contribution is 2.28. The van der Waals surface area contributed by atoms with Gasteiger partial charge in [0, 0.05) is 29.5 Å². The molecule has 1 atom stereocenters. The van der Waals surface area contributed by atoms with Gasteiger partial charge in [-0.25, -0.2) is 4.39 Å². The number of halogens is 1. The molecular formula is C21H22FN5O3S. The molecule has 2 aromatic carbocycles. The van der Waals surface area contributed by atoms with E-state index in [2.05, 4.69) is 15.5 Å². The Labute approximate surface area is 183 Å². The van der Waals surface area contributed by atoms with Crippen LogP contribution in [0.5, 0.6) is 0 Å². The Hall–Kier alpha value is -3.27. The van der Waals surface area contributed by atoms with E-state index in [1.807, 2.05) is 0 Å². The van der Waals surface area contributed by atoms with Crippen molar-refractivity contribution in [3.05, 3.63) is 75.9 Å². The first-order valence-corrected chi connectivity index (χ1v) is 10.6. The lowest BCUT2D eigenvalue weighted by atomic mass is 10.2. The lowest BCUT2D eigenvalue weighted by Gasteiger charge is -2.17. The fraction of sp³-hybridized carbons (Fsp3) is 0.286. The van der Waals surface area contributed by atoms with Gasteiger partial charge in [-0.2, -0.15) is 0 Å². The standard InChI is InChI=1S/C21H22FN5O3S/c1-13(2)20(28)23-14(3)19-24-25-21(31-12-15-4-6-16(22)7-5-15)26(19)17-8-10-18(11-9-17)27(29)30/h4-11,13-14H,12H2,1-3H3,(H,23,28). The van der Waals surface area contributed by atoms with Gasteiger partial charge in [-0.3, -0.25) is 19.5 Å². The van der Waals surface area contributed by atoms with Gasteiger partial charge in [0.25, 0.3) is 5.69 Å².